The topological polar surface area (TPSA) is 120 Å². The number of aryl methyl sites for hydroxylation is 1. The Labute approximate surface area is 178 Å². The number of ether oxygens (including phenoxy) is 2. The number of nitrogens with zero attached hydrogens (tertiary/aromatic N) is 2. The zero-order valence-corrected chi connectivity index (χ0v) is 18.1. The Hall–Kier alpha value is -3.02. The molecule has 2 N–H and O–H groups in total. The van der Waals surface area contributed by atoms with Crippen molar-refractivity contribution in [2.75, 3.05) is 19.5 Å². The molecule has 2 aromatic carbocycles. The molecule has 0 saturated carbocycles. The molecule has 0 saturated heterocycles. The van der Waals surface area contributed by atoms with Crippen LogP contribution < -0.4 is 19.5 Å². The predicted octanol–water partition coefficient (Wildman–Crippen LogP) is 2.59. The molecule has 9 nitrogen and oxygen atoms in total. The second-order valence-corrected chi connectivity index (χ2v) is 9.07. The summed E-state index contributed by atoms with van der Waals surface area (Å²) in [5.41, 5.74) is 1.95. The second kappa shape index (κ2) is 9.20. The monoisotopic (exact) mass is 448 g/mol. The van der Waals surface area contributed by atoms with Gasteiger partial charge in [-0.2, -0.15) is 0 Å². The highest BCUT2D eigenvalue weighted by molar-refractivity contribution is 7.91. The van der Waals surface area contributed by atoms with Gasteiger partial charge >= 0.3 is 0 Å². The molecule has 0 fully saturated rings. The predicted molar refractivity (Wildman–Crippen MR) is 113 cm³/mol. The SMILES string of the molecule is COc1ccc(CNS(=O)(=O)c2nnc(NC(=O)c3ccccc3C)s2)cc1OC. The summed E-state index contributed by atoms with van der Waals surface area (Å²) in [5, 5.41) is 10.1. The number of benzene rings is 2. The van der Waals surface area contributed by atoms with E-state index >= 15 is 0 Å². The summed E-state index contributed by atoms with van der Waals surface area (Å²) in [7, 11) is -0.891. The molecule has 0 atom stereocenters. The lowest BCUT2D eigenvalue weighted by molar-refractivity contribution is 0.102. The van der Waals surface area contributed by atoms with E-state index in [2.05, 4.69) is 20.2 Å². The van der Waals surface area contributed by atoms with E-state index in [1.807, 2.05) is 19.1 Å². The van der Waals surface area contributed by atoms with Crippen LogP contribution in [0.1, 0.15) is 21.5 Å². The summed E-state index contributed by atoms with van der Waals surface area (Å²) in [4.78, 5) is 12.4. The Kier molecular flexibility index (Phi) is 6.65. The Morgan fingerprint density at radius 1 is 1.07 bits per heavy atom. The molecular formula is C19H20N4O5S2. The van der Waals surface area contributed by atoms with Crippen LogP contribution in [0.15, 0.2) is 46.8 Å². The maximum atomic E-state index is 12.5. The van der Waals surface area contributed by atoms with Crippen LogP contribution in [-0.2, 0) is 16.6 Å². The maximum absolute atomic E-state index is 12.5. The van der Waals surface area contributed by atoms with E-state index in [-0.39, 0.29) is 21.9 Å². The summed E-state index contributed by atoms with van der Waals surface area (Å²) >= 11 is 0.768. The van der Waals surface area contributed by atoms with E-state index in [0.717, 1.165) is 16.9 Å². The lowest BCUT2D eigenvalue weighted by Crippen LogP contribution is -2.23. The molecule has 3 aromatic rings. The van der Waals surface area contributed by atoms with Crippen LogP contribution in [0, 0.1) is 6.92 Å². The standard InChI is InChI=1S/C19H20N4O5S2/c1-12-6-4-5-7-14(12)17(24)21-18-22-23-19(29-18)30(25,26)20-11-13-8-9-15(27-2)16(10-13)28-3/h4-10,20H,11H2,1-3H3,(H,21,22,24). The van der Waals surface area contributed by atoms with Gasteiger partial charge in [0.1, 0.15) is 0 Å². The van der Waals surface area contributed by atoms with Crippen molar-refractivity contribution in [2.45, 2.75) is 17.8 Å². The van der Waals surface area contributed by atoms with Crippen molar-refractivity contribution in [3.8, 4) is 11.5 Å². The smallest absolute Gasteiger partial charge is 0.270 e. The first kappa shape index (κ1) is 21.7. The van der Waals surface area contributed by atoms with Gasteiger partial charge in [-0.1, -0.05) is 35.6 Å². The van der Waals surface area contributed by atoms with E-state index in [4.69, 9.17) is 9.47 Å². The molecular weight excluding hydrogens is 428 g/mol. The number of carbonyl (C=O) groups excluding carboxylic acids is 1. The minimum Gasteiger partial charge on any atom is -0.493 e. The van der Waals surface area contributed by atoms with Gasteiger partial charge in [0.15, 0.2) is 11.5 Å². The summed E-state index contributed by atoms with van der Waals surface area (Å²) in [6.07, 6.45) is 0. The van der Waals surface area contributed by atoms with Crippen molar-refractivity contribution in [3.63, 3.8) is 0 Å². The Balaban J connectivity index is 1.68. The van der Waals surface area contributed by atoms with Crippen molar-refractivity contribution >= 4 is 32.4 Å². The van der Waals surface area contributed by atoms with Crippen LogP contribution in [0.2, 0.25) is 0 Å². The minimum absolute atomic E-state index is 0.0210. The van der Waals surface area contributed by atoms with Crippen molar-refractivity contribution < 1.29 is 22.7 Å². The van der Waals surface area contributed by atoms with Gasteiger partial charge in [-0.3, -0.25) is 10.1 Å². The van der Waals surface area contributed by atoms with Gasteiger partial charge in [-0.05, 0) is 36.2 Å². The first-order valence-electron chi connectivity index (χ1n) is 8.75. The molecule has 0 aliphatic heterocycles. The first-order valence-corrected chi connectivity index (χ1v) is 11.0. The van der Waals surface area contributed by atoms with E-state index in [9.17, 15) is 13.2 Å². The summed E-state index contributed by atoms with van der Waals surface area (Å²) in [6, 6.07) is 12.1. The van der Waals surface area contributed by atoms with Crippen molar-refractivity contribution in [3.05, 3.63) is 59.2 Å². The molecule has 0 radical (unpaired) electrons. The Morgan fingerprint density at radius 2 is 1.80 bits per heavy atom. The average molecular weight is 449 g/mol. The number of nitrogens with one attached hydrogen (secondary N) is 2. The van der Waals surface area contributed by atoms with Crippen LogP contribution >= 0.6 is 11.3 Å². The molecule has 0 aliphatic carbocycles. The van der Waals surface area contributed by atoms with Crippen molar-refractivity contribution in [1.82, 2.24) is 14.9 Å². The Morgan fingerprint density at radius 3 is 2.50 bits per heavy atom. The first-order chi connectivity index (χ1) is 14.3. The number of amides is 1. The highest BCUT2D eigenvalue weighted by Gasteiger charge is 2.21. The molecule has 0 bridgehead atoms. The molecule has 1 amide bonds. The number of aromatic nitrogens is 2. The number of anilines is 1. The number of methoxy groups -OCH3 is 2. The van der Waals surface area contributed by atoms with E-state index in [0.29, 0.717) is 22.6 Å². The third kappa shape index (κ3) is 4.93. The van der Waals surface area contributed by atoms with Crippen LogP contribution in [0.25, 0.3) is 0 Å². The lowest BCUT2D eigenvalue weighted by atomic mass is 10.1. The molecule has 0 spiro atoms. The largest absolute Gasteiger partial charge is 0.493 e. The molecule has 3 rings (SSSR count). The molecule has 11 heteroatoms. The van der Waals surface area contributed by atoms with Gasteiger partial charge in [0, 0.05) is 12.1 Å². The summed E-state index contributed by atoms with van der Waals surface area (Å²) in [6.45, 7) is 1.83. The fraction of sp³-hybridized carbons (Fsp3) is 0.211. The third-order valence-electron chi connectivity index (χ3n) is 4.16. The third-order valence-corrected chi connectivity index (χ3v) is 6.77. The molecule has 1 aromatic heterocycles. The fourth-order valence-electron chi connectivity index (χ4n) is 2.59. The van der Waals surface area contributed by atoms with Crippen LogP contribution in [0.3, 0.4) is 0 Å². The quantitative estimate of drug-likeness (QED) is 0.508. The molecule has 0 unspecified atom stereocenters. The Bertz CT molecular complexity index is 1160. The van der Waals surface area contributed by atoms with Gasteiger partial charge in [0.05, 0.1) is 14.2 Å². The maximum Gasteiger partial charge on any atom is 0.270 e. The summed E-state index contributed by atoms with van der Waals surface area (Å²) < 4.78 is 37.7. The molecule has 0 aliphatic rings. The van der Waals surface area contributed by atoms with Crippen molar-refractivity contribution in [2.24, 2.45) is 0 Å². The molecule has 1 heterocycles. The number of hydrogen-bond acceptors (Lipinski definition) is 8. The number of rotatable bonds is 8. The van der Waals surface area contributed by atoms with Crippen LogP contribution in [-0.4, -0.2) is 38.7 Å². The lowest BCUT2D eigenvalue weighted by Gasteiger charge is -2.10. The van der Waals surface area contributed by atoms with Gasteiger partial charge in [0.2, 0.25) is 9.47 Å². The molecule has 158 valence electrons. The summed E-state index contributed by atoms with van der Waals surface area (Å²) in [5.74, 6) is 0.653. The van der Waals surface area contributed by atoms with Crippen molar-refractivity contribution in [1.29, 1.82) is 0 Å². The zero-order valence-electron chi connectivity index (χ0n) is 16.5. The van der Waals surface area contributed by atoms with Gasteiger partial charge in [0.25, 0.3) is 15.9 Å². The highest BCUT2D eigenvalue weighted by atomic mass is 32.2. The normalized spacial score (nSPS) is 11.2. The number of sulfonamides is 1. The fourth-order valence-corrected chi connectivity index (χ4v) is 4.54. The van der Waals surface area contributed by atoms with Crippen LogP contribution in [0.5, 0.6) is 11.5 Å². The van der Waals surface area contributed by atoms with Gasteiger partial charge in [-0.25, -0.2) is 13.1 Å². The van der Waals surface area contributed by atoms with E-state index < -0.39 is 10.0 Å². The van der Waals surface area contributed by atoms with E-state index in [1.54, 1.807) is 30.3 Å². The van der Waals surface area contributed by atoms with Crippen LogP contribution in [0.4, 0.5) is 5.13 Å². The van der Waals surface area contributed by atoms with E-state index in [1.165, 1.54) is 14.2 Å². The minimum atomic E-state index is -3.91. The number of carbonyl (C=O) groups is 1. The number of hydrogen-bond donors (Lipinski definition) is 2. The van der Waals surface area contributed by atoms with Gasteiger partial charge in [-0.15, -0.1) is 10.2 Å². The highest BCUT2D eigenvalue weighted by Crippen LogP contribution is 2.28. The molecule has 30 heavy (non-hydrogen) atoms. The van der Waals surface area contributed by atoms with Gasteiger partial charge < -0.3 is 9.47 Å². The second-order valence-electron chi connectivity index (χ2n) is 6.16. The average Bonchev–Trinajstić information content (AvgIpc) is 3.21. The zero-order chi connectivity index (χ0) is 21.7.